The zero-order valence-corrected chi connectivity index (χ0v) is 10.7. The van der Waals surface area contributed by atoms with Crippen molar-refractivity contribution in [3.05, 3.63) is 16.1 Å². The average molecular weight is 238 g/mol. The topological polar surface area (TPSA) is 33.2 Å². The molecule has 88 valence electrons. The summed E-state index contributed by atoms with van der Waals surface area (Å²) in [5.41, 5.74) is 0. The van der Waals surface area contributed by atoms with Gasteiger partial charge in [0.15, 0.2) is 0 Å². The lowest BCUT2D eigenvalue weighted by atomic mass is 10.1. The summed E-state index contributed by atoms with van der Waals surface area (Å²) in [5, 5.41) is 1.19. The predicted molar refractivity (Wildman–Crippen MR) is 65.8 cm³/mol. The third-order valence-corrected chi connectivity index (χ3v) is 4.00. The van der Waals surface area contributed by atoms with Gasteiger partial charge in [-0.25, -0.2) is 4.98 Å². The Balaban J connectivity index is 1.90. The Bertz CT molecular complexity index is 375. The summed E-state index contributed by atoms with van der Waals surface area (Å²) < 4.78 is 0. The normalized spacial score (nSPS) is 21.5. The number of likely N-dealkylation sites (tertiary alicyclic amines) is 1. The maximum atomic E-state index is 11.0. The molecule has 2 rings (SSSR count). The molecule has 0 spiro atoms. The van der Waals surface area contributed by atoms with Gasteiger partial charge in [0.2, 0.25) is 0 Å². The molecule has 1 aliphatic rings. The Morgan fingerprint density at radius 3 is 3.12 bits per heavy atom. The van der Waals surface area contributed by atoms with E-state index in [0.29, 0.717) is 6.42 Å². The van der Waals surface area contributed by atoms with Crippen LogP contribution in [0.15, 0.2) is 6.20 Å². The SMILES string of the molecule is CC(=O)Cc1cnc(CC2CCN(C)C2)s1. The van der Waals surface area contributed by atoms with Crippen molar-refractivity contribution in [3.63, 3.8) is 0 Å². The molecule has 4 heteroatoms. The van der Waals surface area contributed by atoms with Crippen molar-refractivity contribution >= 4 is 17.1 Å². The van der Waals surface area contributed by atoms with Gasteiger partial charge in [0.05, 0.1) is 5.01 Å². The smallest absolute Gasteiger partial charge is 0.135 e. The highest BCUT2D eigenvalue weighted by Gasteiger charge is 2.20. The lowest BCUT2D eigenvalue weighted by Crippen LogP contribution is -2.14. The Morgan fingerprint density at radius 2 is 2.50 bits per heavy atom. The van der Waals surface area contributed by atoms with Crippen molar-refractivity contribution in [3.8, 4) is 0 Å². The molecule has 0 aromatic carbocycles. The van der Waals surface area contributed by atoms with Gasteiger partial charge < -0.3 is 4.90 Å². The van der Waals surface area contributed by atoms with Gasteiger partial charge in [-0.3, -0.25) is 4.79 Å². The molecule has 1 unspecified atom stereocenters. The van der Waals surface area contributed by atoms with E-state index in [1.165, 1.54) is 24.5 Å². The van der Waals surface area contributed by atoms with Crippen LogP contribution >= 0.6 is 11.3 Å². The highest BCUT2D eigenvalue weighted by molar-refractivity contribution is 7.11. The van der Waals surface area contributed by atoms with Gasteiger partial charge in [-0.2, -0.15) is 0 Å². The molecule has 0 N–H and O–H groups in total. The Labute approximate surface area is 100 Å². The quantitative estimate of drug-likeness (QED) is 0.801. The molecule has 1 fully saturated rings. The minimum absolute atomic E-state index is 0.218. The van der Waals surface area contributed by atoms with Crippen LogP contribution in [0.3, 0.4) is 0 Å². The van der Waals surface area contributed by atoms with Crippen LogP contribution in [-0.4, -0.2) is 35.8 Å². The summed E-state index contributed by atoms with van der Waals surface area (Å²) in [6.45, 7) is 4.02. The minimum atomic E-state index is 0.218. The van der Waals surface area contributed by atoms with Crippen LogP contribution in [0, 0.1) is 5.92 Å². The molecule has 0 bridgehead atoms. The van der Waals surface area contributed by atoms with Gasteiger partial charge in [0, 0.05) is 30.5 Å². The molecule has 3 nitrogen and oxygen atoms in total. The van der Waals surface area contributed by atoms with Crippen LogP contribution in [0.25, 0.3) is 0 Å². The number of aromatic nitrogens is 1. The molecule has 16 heavy (non-hydrogen) atoms. The van der Waals surface area contributed by atoms with Gasteiger partial charge >= 0.3 is 0 Å². The highest BCUT2D eigenvalue weighted by atomic mass is 32.1. The van der Waals surface area contributed by atoms with E-state index in [0.717, 1.165) is 17.2 Å². The molecule has 1 saturated heterocycles. The Hall–Kier alpha value is -0.740. The first kappa shape index (κ1) is 11.7. The first-order valence-corrected chi connectivity index (χ1v) is 6.56. The lowest BCUT2D eigenvalue weighted by molar-refractivity contribution is -0.116. The fourth-order valence-corrected chi connectivity index (χ4v) is 3.32. The molecule has 0 saturated carbocycles. The fourth-order valence-electron chi connectivity index (χ4n) is 2.21. The van der Waals surface area contributed by atoms with Gasteiger partial charge in [0.1, 0.15) is 5.78 Å². The number of thiazole rings is 1. The van der Waals surface area contributed by atoms with Crippen LogP contribution in [0.4, 0.5) is 0 Å². The Morgan fingerprint density at radius 1 is 1.69 bits per heavy atom. The molecule has 0 amide bonds. The number of hydrogen-bond acceptors (Lipinski definition) is 4. The molecule has 0 aliphatic carbocycles. The summed E-state index contributed by atoms with van der Waals surface area (Å²) in [6, 6.07) is 0. The number of ketones is 1. The maximum Gasteiger partial charge on any atom is 0.135 e. The van der Waals surface area contributed by atoms with Crippen LogP contribution < -0.4 is 0 Å². The third-order valence-electron chi connectivity index (χ3n) is 2.98. The molecule has 0 radical (unpaired) electrons. The second kappa shape index (κ2) is 5.06. The summed E-state index contributed by atoms with van der Waals surface area (Å²) in [4.78, 5) is 18.9. The predicted octanol–water partition coefficient (Wildman–Crippen LogP) is 1.77. The molecule has 1 aliphatic heterocycles. The van der Waals surface area contributed by atoms with Gasteiger partial charge in [-0.1, -0.05) is 0 Å². The summed E-state index contributed by atoms with van der Waals surface area (Å²) in [6.07, 6.45) is 4.76. The van der Waals surface area contributed by atoms with Crippen LogP contribution in [0.1, 0.15) is 23.2 Å². The number of carbonyl (C=O) groups excluding carboxylic acids is 1. The maximum absolute atomic E-state index is 11.0. The van der Waals surface area contributed by atoms with Crippen molar-refractivity contribution in [1.82, 2.24) is 9.88 Å². The van der Waals surface area contributed by atoms with Gasteiger partial charge in [-0.05, 0) is 32.9 Å². The van der Waals surface area contributed by atoms with Gasteiger partial charge in [0.25, 0.3) is 0 Å². The molecular weight excluding hydrogens is 220 g/mol. The molecular formula is C12H18N2OS. The number of hydrogen-bond donors (Lipinski definition) is 0. The van der Waals surface area contributed by atoms with Crippen molar-refractivity contribution < 1.29 is 4.79 Å². The van der Waals surface area contributed by atoms with Crippen LogP contribution in [0.2, 0.25) is 0 Å². The van der Waals surface area contributed by atoms with E-state index >= 15 is 0 Å². The summed E-state index contributed by atoms with van der Waals surface area (Å²) >= 11 is 1.70. The standard InChI is InChI=1S/C12H18N2OS/c1-9(15)5-11-7-13-12(16-11)6-10-3-4-14(2)8-10/h7,10H,3-6,8H2,1-2H3. The number of rotatable bonds is 4. The first-order valence-electron chi connectivity index (χ1n) is 5.75. The molecule has 1 aromatic rings. The highest BCUT2D eigenvalue weighted by Crippen LogP contribution is 2.22. The van der Waals surface area contributed by atoms with E-state index in [1.807, 2.05) is 6.20 Å². The summed E-state index contributed by atoms with van der Waals surface area (Å²) in [7, 11) is 2.17. The largest absolute Gasteiger partial charge is 0.306 e. The minimum Gasteiger partial charge on any atom is -0.306 e. The monoisotopic (exact) mass is 238 g/mol. The molecule has 2 heterocycles. The van der Waals surface area contributed by atoms with E-state index in [9.17, 15) is 4.79 Å². The van der Waals surface area contributed by atoms with E-state index in [2.05, 4.69) is 16.9 Å². The lowest BCUT2D eigenvalue weighted by Gasteiger charge is -2.07. The number of Topliss-reactive ketones (excluding diaryl/α,β-unsaturated/α-hetero) is 1. The summed E-state index contributed by atoms with van der Waals surface area (Å²) in [5.74, 6) is 0.970. The first-order chi connectivity index (χ1) is 7.63. The van der Waals surface area contributed by atoms with Crippen molar-refractivity contribution in [2.45, 2.75) is 26.2 Å². The fraction of sp³-hybridized carbons (Fsp3) is 0.667. The second-order valence-electron chi connectivity index (χ2n) is 4.72. The average Bonchev–Trinajstić information content (AvgIpc) is 2.76. The molecule has 1 aromatic heterocycles. The zero-order chi connectivity index (χ0) is 11.5. The van der Waals surface area contributed by atoms with Crippen LogP contribution in [0.5, 0.6) is 0 Å². The number of carbonyl (C=O) groups is 1. The van der Waals surface area contributed by atoms with Gasteiger partial charge in [-0.15, -0.1) is 11.3 Å². The van der Waals surface area contributed by atoms with E-state index < -0.39 is 0 Å². The number of nitrogens with zero attached hydrogens (tertiary/aromatic N) is 2. The van der Waals surface area contributed by atoms with Crippen molar-refractivity contribution in [1.29, 1.82) is 0 Å². The van der Waals surface area contributed by atoms with Crippen molar-refractivity contribution in [2.24, 2.45) is 5.92 Å². The Kier molecular flexibility index (Phi) is 3.71. The molecule has 1 atom stereocenters. The van der Waals surface area contributed by atoms with Crippen LogP contribution in [-0.2, 0) is 17.6 Å². The third kappa shape index (κ3) is 3.12. The van der Waals surface area contributed by atoms with E-state index in [4.69, 9.17) is 0 Å². The second-order valence-corrected chi connectivity index (χ2v) is 5.92. The van der Waals surface area contributed by atoms with Crippen molar-refractivity contribution in [2.75, 3.05) is 20.1 Å². The zero-order valence-electron chi connectivity index (χ0n) is 9.90. The van der Waals surface area contributed by atoms with E-state index in [-0.39, 0.29) is 5.78 Å². The van der Waals surface area contributed by atoms with E-state index in [1.54, 1.807) is 18.3 Å².